The van der Waals surface area contributed by atoms with Gasteiger partial charge in [0.25, 0.3) is 0 Å². The van der Waals surface area contributed by atoms with Gasteiger partial charge in [-0.15, -0.1) is 0 Å². The normalized spacial score (nSPS) is 19.2. The van der Waals surface area contributed by atoms with Crippen LogP contribution in [0.2, 0.25) is 0 Å². The van der Waals surface area contributed by atoms with Gasteiger partial charge in [-0.1, -0.05) is 20.8 Å². The van der Waals surface area contributed by atoms with Crippen molar-refractivity contribution >= 4 is 11.9 Å². The van der Waals surface area contributed by atoms with E-state index in [4.69, 9.17) is 10.5 Å². The topological polar surface area (TPSA) is 77.2 Å². The van der Waals surface area contributed by atoms with Crippen LogP contribution in [0.1, 0.15) is 33.6 Å². The Balaban J connectivity index is 2.09. The average molecular weight is 265 g/mol. The first-order valence-electron chi connectivity index (χ1n) is 6.99. The van der Waals surface area contributed by atoms with Gasteiger partial charge in [-0.3, -0.25) is 0 Å². The first-order chi connectivity index (χ1) is 9.10. The predicted molar refractivity (Wildman–Crippen MR) is 75.2 cm³/mol. The van der Waals surface area contributed by atoms with Crippen LogP contribution in [0, 0.1) is 11.8 Å². The SMILES string of the molecule is CCCOc1nc(N)nc(N2CCC(C(C)C)C2)n1. The van der Waals surface area contributed by atoms with Gasteiger partial charge >= 0.3 is 6.01 Å². The fraction of sp³-hybridized carbons (Fsp3) is 0.769. The van der Waals surface area contributed by atoms with Gasteiger partial charge in [0.05, 0.1) is 6.61 Å². The van der Waals surface area contributed by atoms with Crippen molar-refractivity contribution in [2.45, 2.75) is 33.6 Å². The van der Waals surface area contributed by atoms with E-state index in [0.29, 0.717) is 30.4 Å². The number of rotatable bonds is 5. The van der Waals surface area contributed by atoms with E-state index in [1.54, 1.807) is 0 Å². The fourth-order valence-corrected chi connectivity index (χ4v) is 2.27. The number of nitrogens with zero attached hydrogens (tertiary/aromatic N) is 4. The molecule has 1 aromatic heterocycles. The standard InChI is InChI=1S/C13H23N5O/c1-4-7-19-13-16-11(14)15-12(17-13)18-6-5-10(8-18)9(2)3/h9-10H,4-8H2,1-3H3,(H2,14,15,16,17). The van der Waals surface area contributed by atoms with Crippen molar-refractivity contribution in [1.29, 1.82) is 0 Å². The predicted octanol–water partition coefficient (Wildman–Crippen LogP) is 1.72. The van der Waals surface area contributed by atoms with E-state index < -0.39 is 0 Å². The Labute approximate surface area is 114 Å². The number of aromatic nitrogens is 3. The van der Waals surface area contributed by atoms with E-state index in [0.717, 1.165) is 19.5 Å². The number of ether oxygens (including phenoxy) is 1. The summed E-state index contributed by atoms with van der Waals surface area (Å²) in [6.07, 6.45) is 2.09. The highest BCUT2D eigenvalue weighted by Gasteiger charge is 2.27. The summed E-state index contributed by atoms with van der Waals surface area (Å²) in [6, 6.07) is 0.331. The summed E-state index contributed by atoms with van der Waals surface area (Å²) in [4.78, 5) is 14.7. The number of hydrogen-bond donors (Lipinski definition) is 1. The summed E-state index contributed by atoms with van der Waals surface area (Å²) in [7, 11) is 0. The minimum atomic E-state index is 0.226. The minimum Gasteiger partial charge on any atom is -0.463 e. The van der Waals surface area contributed by atoms with Crippen molar-refractivity contribution in [3.63, 3.8) is 0 Å². The molecule has 0 amide bonds. The summed E-state index contributed by atoms with van der Waals surface area (Å²) in [6.45, 7) is 9.10. The molecule has 1 unspecified atom stereocenters. The highest BCUT2D eigenvalue weighted by Crippen LogP contribution is 2.27. The van der Waals surface area contributed by atoms with Gasteiger partial charge in [0.2, 0.25) is 11.9 Å². The van der Waals surface area contributed by atoms with Gasteiger partial charge in [-0.25, -0.2) is 0 Å². The summed E-state index contributed by atoms with van der Waals surface area (Å²) in [5.41, 5.74) is 5.72. The molecular formula is C13H23N5O. The van der Waals surface area contributed by atoms with E-state index in [-0.39, 0.29) is 5.95 Å². The molecule has 1 aromatic rings. The average Bonchev–Trinajstić information content (AvgIpc) is 2.85. The van der Waals surface area contributed by atoms with E-state index in [1.165, 1.54) is 6.42 Å². The van der Waals surface area contributed by atoms with E-state index in [2.05, 4.69) is 33.7 Å². The second kappa shape index (κ2) is 6.04. The van der Waals surface area contributed by atoms with Crippen LogP contribution in [0.5, 0.6) is 6.01 Å². The van der Waals surface area contributed by atoms with Crippen molar-refractivity contribution in [3.8, 4) is 6.01 Å². The van der Waals surface area contributed by atoms with Gasteiger partial charge in [-0.05, 0) is 24.7 Å². The molecule has 6 heteroatoms. The molecule has 2 heterocycles. The molecule has 1 aliphatic heterocycles. The van der Waals surface area contributed by atoms with Crippen LogP contribution >= 0.6 is 0 Å². The van der Waals surface area contributed by atoms with E-state index >= 15 is 0 Å². The molecule has 1 saturated heterocycles. The van der Waals surface area contributed by atoms with Gasteiger partial charge in [-0.2, -0.15) is 15.0 Å². The molecule has 2 N–H and O–H groups in total. The third-order valence-electron chi connectivity index (χ3n) is 3.51. The zero-order valence-corrected chi connectivity index (χ0v) is 12.0. The maximum absolute atomic E-state index is 5.72. The van der Waals surface area contributed by atoms with Crippen molar-refractivity contribution in [2.24, 2.45) is 11.8 Å². The lowest BCUT2D eigenvalue weighted by atomic mass is 9.95. The molecule has 1 atom stereocenters. The lowest BCUT2D eigenvalue weighted by Crippen LogP contribution is -2.24. The second-order valence-electron chi connectivity index (χ2n) is 5.36. The molecule has 0 radical (unpaired) electrons. The molecule has 0 saturated carbocycles. The number of nitrogen functional groups attached to an aromatic ring is 1. The van der Waals surface area contributed by atoms with Gasteiger partial charge < -0.3 is 15.4 Å². The number of hydrogen-bond acceptors (Lipinski definition) is 6. The first-order valence-corrected chi connectivity index (χ1v) is 6.99. The largest absolute Gasteiger partial charge is 0.463 e. The molecule has 1 aliphatic rings. The lowest BCUT2D eigenvalue weighted by Gasteiger charge is -2.18. The van der Waals surface area contributed by atoms with Crippen LogP contribution in [0.15, 0.2) is 0 Å². The summed E-state index contributed by atoms with van der Waals surface area (Å²) < 4.78 is 5.44. The lowest BCUT2D eigenvalue weighted by molar-refractivity contribution is 0.292. The second-order valence-corrected chi connectivity index (χ2v) is 5.36. The molecule has 2 rings (SSSR count). The molecule has 19 heavy (non-hydrogen) atoms. The summed E-state index contributed by atoms with van der Waals surface area (Å²) in [5.74, 6) is 2.24. The third-order valence-corrected chi connectivity index (χ3v) is 3.51. The molecule has 1 fully saturated rings. The zero-order chi connectivity index (χ0) is 13.8. The van der Waals surface area contributed by atoms with E-state index in [1.807, 2.05) is 6.92 Å². The Hall–Kier alpha value is -1.59. The Morgan fingerprint density at radius 3 is 2.79 bits per heavy atom. The summed E-state index contributed by atoms with van der Waals surface area (Å²) in [5, 5.41) is 0. The zero-order valence-electron chi connectivity index (χ0n) is 12.0. The molecule has 6 nitrogen and oxygen atoms in total. The number of nitrogens with two attached hydrogens (primary N) is 1. The third kappa shape index (κ3) is 3.45. The fourth-order valence-electron chi connectivity index (χ4n) is 2.27. The van der Waals surface area contributed by atoms with E-state index in [9.17, 15) is 0 Å². The van der Waals surface area contributed by atoms with Crippen LogP contribution in [0.4, 0.5) is 11.9 Å². The summed E-state index contributed by atoms with van der Waals surface area (Å²) >= 11 is 0. The Morgan fingerprint density at radius 1 is 1.37 bits per heavy atom. The maximum atomic E-state index is 5.72. The van der Waals surface area contributed by atoms with Crippen molar-refractivity contribution in [1.82, 2.24) is 15.0 Å². The molecule has 0 spiro atoms. The maximum Gasteiger partial charge on any atom is 0.323 e. The monoisotopic (exact) mass is 265 g/mol. The molecule has 0 aromatic carbocycles. The molecular weight excluding hydrogens is 242 g/mol. The van der Waals surface area contributed by atoms with Crippen molar-refractivity contribution < 1.29 is 4.74 Å². The number of anilines is 2. The van der Waals surface area contributed by atoms with Crippen molar-refractivity contribution in [2.75, 3.05) is 30.3 Å². The first kappa shape index (κ1) is 13.8. The van der Waals surface area contributed by atoms with Crippen LogP contribution < -0.4 is 15.4 Å². The van der Waals surface area contributed by atoms with Gasteiger partial charge in [0.1, 0.15) is 0 Å². The minimum absolute atomic E-state index is 0.226. The molecule has 0 aliphatic carbocycles. The quantitative estimate of drug-likeness (QED) is 0.873. The van der Waals surface area contributed by atoms with Gasteiger partial charge in [0.15, 0.2) is 0 Å². The van der Waals surface area contributed by atoms with Gasteiger partial charge in [0, 0.05) is 13.1 Å². The molecule has 0 bridgehead atoms. The molecule has 106 valence electrons. The van der Waals surface area contributed by atoms with Crippen LogP contribution in [0.25, 0.3) is 0 Å². The van der Waals surface area contributed by atoms with Crippen LogP contribution in [-0.2, 0) is 0 Å². The highest BCUT2D eigenvalue weighted by molar-refractivity contribution is 5.37. The van der Waals surface area contributed by atoms with Crippen molar-refractivity contribution in [3.05, 3.63) is 0 Å². The Morgan fingerprint density at radius 2 is 2.16 bits per heavy atom. The highest BCUT2D eigenvalue weighted by atomic mass is 16.5. The van der Waals surface area contributed by atoms with Crippen LogP contribution in [-0.4, -0.2) is 34.6 Å². The van der Waals surface area contributed by atoms with Crippen LogP contribution in [0.3, 0.4) is 0 Å². The Kier molecular flexibility index (Phi) is 4.39. The Bertz CT molecular complexity index is 423. The smallest absolute Gasteiger partial charge is 0.323 e.